The van der Waals surface area contributed by atoms with Gasteiger partial charge in [0, 0.05) is 0 Å². The molecule has 0 saturated heterocycles. The van der Waals surface area contributed by atoms with Crippen molar-refractivity contribution in [3.63, 3.8) is 0 Å². The molecule has 0 spiro atoms. The molecule has 0 heterocycles. The molecular formula is C35H46Si2. The highest BCUT2D eigenvalue weighted by Crippen LogP contribution is 2.41. The molecule has 194 valence electrons. The quantitative estimate of drug-likeness (QED) is 0.248. The molecule has 1 aliphatic rings. The van der Waals surface area contributed by atoms with E-state index in [1.54, 1.807) is 15.6 Å². The molecule has 0 N–H and O–H groups in total. The van der Waals surface area contributed by atoms with Crippen LogP contribution < -0.4 is 20.7 Å². The highest BCUT2D eigenvalue weighted by atomic mass is 28.3. The molecule has 4 rings (SSSR count). The van der Waals surface area contributed by atoms with Crippen LogP contribution in [0.4, 0.5) is 0 Å². The Hall–Kier alpha value is -2.43. The minimum absolute atomic E-state index is 0.434. The molecule has 0 aromatic heterocycles. The maximum atomic E-state index is 2.64. The predicted molar refractivity (Wildman–Crippen MR) is 171 cm³/mol. The second kappa shape index (κ2) is 9.71. The predicted octanol–water partition coefficient (Wildman–Crippen LogP) is 7.09. The van der Waals surface area contributed by atoms with Crippen LogP contribution in [0.25, 0.3) is 0 Å². The van der Waals surface area contributed by atoms with E-state index in [-0.39, 0.29) is 0 Å². The first-order valence-electron chi connectivity index (χ1n) is 13.9. The number of aryl methyl sites for hydroxylation is 5. The lowest BCUT2D eigenvalue weighted by Crippen LogP contribution is -2.70. The molecule has 0 fully saturated rings. The average molecular weight is 523 g/mol. The second-order valence-electron chi connectivity index (χ2n) is 12.9. The van der Waals surface area contributed by atoms with Gasteiger partial charge in [0.25, 0.3) is 0 Å². The van der Waals surface area contributed by atoms with Gasteiger partial charge in [-0.05, 0) is 82.4 Å². The Labute approximate surface area is 228 Å². The fourth-order valence-corrected chi connectivity index (χ4v) is 14.3. The summed E-state index contributed by atoms with van der Waals surface area (Å²) in [6, 6.07) is 22.4. The first kappa shape index (κ1) is 27.6. The summed E-state index contributed by atoms with van der Waals surface area (Å²) in [4.78, 5) is 0. The SMILES string of the molecule is CC1=C(C)C(C)C([Si](c2cc(C)cc(C)c2)(c2cc(C)cc(C)c2)c2cc(C)cc([Si](C)(C)C)c2)=C1C. The van der Waals surface area contributed by atoms with Crippen LogP contribution in [-0.2, 0) is 0 Å². The molecule has 0 bridgehead atoms. The van der Waals surface area contributed by atoms with E-state index in [2.05, 4.69) is 137 Å². The van der Waals surface area contributed by atoms with Crippen LogP contribution in [0, 0.1) is 40.5 Å². The Morgan fingerprint density at radius 2 is 0.811 bits per heavy atom. The van der Waals surface area contributed by atoms with Crippen LogP contribution in [0.1, 0.15) is 55.5 Å². The molecule has 1 unspecified atom stereocenters. The Morgan fingerprint density at radius 3 is 1.16 bits per heavy atom. The molecule has 0 radical (unpaired) electrons. The van der Waals surface area contributed by atoms with Crippen molar-refractivity contribution in [2.75, 3.05) is 0 Å². The summed E-state index contributed by atoms with van der Waals surface area (Å²) < 4.78 is 0. The summed E-state index contributed by atoms with van der Waals surface area (Å²) in [6.45, 7) is 28.4. The van der Waals surface area contributed by atoms with Gasteiger partial charge in [0.2, 0.25) is 0 Å². The fraction of sp³-hybridized carbons (Fsp3) is 0.371. The minimum Gasteiger partial charge on any atom is -0.0656 e. The van der Waals surface area contributed by atoms with Gasteiger partial charge in [-0.1, -0.05) is 131 Å². The number of allylic oxidation sites excluding steroid dienone is 4. The molecule has 2 heteroatoms. The zero-order valence-electron chi connectivity index (χ0n) is 25.3. The van der Waals surface area contributed by atoms with Gasteiger partial charge in [-0.25, -0.2) is 0 Å². The van der Waals surface area contributed by atoms with E-state index in [0.29, 0.717) is 5.92 Å². The third-order valence-electron chi connectivity index (χ3n) is 8.73. The summed E-state index contributed by atoms with van der Waals surface area (Å²) in [5.41, 5.74) is 11.4. The highest BCUT2D eigenvalue weighted by Gasteiger charge is 2.48. The number of rotatable bonds is 5. The fourth-order valence-electron chi connectivity index (χ4n) is 6.75. The van der Waals surface area contributed by atoms with Gasteiger partial charge in [-0.15, -0.1) is 0 Å². The molecular weight excluding hydrogens is 477 g/mol. The number of hydrogen-bond donors (Lipinski definition) is 0. The highest BCUT2D eigenvalue weighted by molar-refractivity contribution is 7.16. The van der Waals surface area contributed by atoms with Crippen molar-refractivity contribution in [2.45, 2.75) is 82.0 Å². The van der Waals surface area contributed by atoms with Gasteiger partial charge in [0.15, 0.2) is 8.07 Å². The summed E-state index contributed by atoms with van der Waals surface area (Å²) in [5, 5.41) is 7.88. The third kappa shape index (κ3) is 4.79. The van der Waals surface area contributed by atoms with Crippen LogP contribution in [0.5, 0.6) is 0 Å². The summed E-state index contributed by atoms with van der Waals surface area (Å²) >= 11 is 0. The van der Waals surface area contributed by atoms with Crippen molar-refractivity contribution >= 4 is 36.9 Å². The van der Waals surface area contributed by atoms with E-state index in [1.165, 1.54) is 54.9 Å². The van der Waals surface area contributed by atoms with E-state index in [1.807, 2.05) is 0 Å². The van der Waals surface area contributed by atoms with Gasteiger partial charge in [0.05, 0.1) is 8.07 Å². The zero-order valence-corrected chi connectivity index (χ0v) is 27.3. The Balaban J connectivity index is 2.30. The van der Waals surface area contributed by atoms with Crippen molar-refractivity contribution < 1.29 is 0 Å². The molecule has 37 heavy (non-hydrogen) atoms. The van der Waals surface area contributed by atoms with Gasteiger partial charge < -0.3 is 0 Å². The van der Waals surface area contributed by atoms with Crippen molar-refractivity contribution in [3.05, 3.63) is 104 Å². The lowest BCUT2D eigenvalue weighted by molar-refractivity contribution is 0.851. The lowest BCUT2D eigenvalue weighted by atomic mass is 10.1. The van der Waals surface area contributed by atoms with Crippen LogP contribution >= 0.6 is 0 Å². The van der Waals surface area contributed by atoms with E-state index >= 15 is 0 Å². The standard InChI is InChI=1S/C35H46Si2/c1-22-13-23(2)17-32(16-22)37(33-18-24(3)14-25(4)19-33,35-29(8)27(6)28(7)30(35)9)34-20-26(5)15-31(21-34)36(10,11)12/h13-21,29H,1-12H3. The molecule has 0 aliphatic heterocycles. The van der Waals surface area contributed by atoms with Crippen molar-refractivity contribution in [2.24, 2.45) is 5.92 Å². The lowest BCUT2D eigenvalue weighted by Gasteiger charge is -2.40. The van der Waals surface area contributed by atoms with Crippen molar-refractivity contribution in [1.82, 2.24) is 0 Å². The Morgan fingerprint density at radius 1 is 0.459 bits per heavy atom. The molecule has 0 saturated carbocycles. The third-order valence-corrected chi connectivity index (χ3v) is 15.8. The van der Waals surface area contributed by atoms with Crippen LogP contribution in [0.15, 0.2) is 76.5 Å². The molecule has 3 aromatic carbocycles. The van der Waals surface area contributed by atoms with E-state index in [4.69, 9.17) is 0 Å². The molecule has 0 amide bonds. The molecule has 1 atom stereocenters. The zero-order chi connectivity index (χ0) is 27.4. The van der Waals surface area contributed by atoms with E-state index < -0.39 is 16.1 Å². The number of benzene rings is 3. The molecule has 1 aliphatic carbocycles. The molecule has 0 nitrogen and oxygen atoms in total. The van der Waals surface area contributed by atoms with E-state index in [0.717, 1.165) is 0 Å². The smallest absolute Gasteiger partial charge is 0.0656 e. The van der Waals surface area contributed by atoms with Crippen molar-refractivity contribution in [3.8, 4) is 0 Å². The first-order chi connectivity index (χ1) is 17.2. The summed E-state index contributed by atoms with van der Waals surface area (Å²) in [5.74, 6) is 0.434. The van der Waals surface area contributed by atoms with Crippen LogP contribution in [-0.4, -0.2) is 16.1 Å². The maximum Gasteiger partial charge on any atom is 0.176 e. The van der Waals surface area contributed by atoms with Crippen LogP contribution in [0.2, 0.25) is 19.6 Å². The Bertz CT molecular complexity index is 1350. The molecule has 3 aromatic rings. The summed E-state index contributed by atoms with van der Waals surface area (Å²) in [6.07, 6.45) is 0. The van der Waals surface area contributed by atoms with Gasteiger partial charge in [0.1, 0.15) is 0 Å². The maximum absolute atomic E-state index is 2.64. The minimum atomic E-state index is -2.61. The van der Waals surface area contributed by atoms with Gasteiger partial charge >= 0.3 is 0 Å². The largest absolute Gasteiger partial charge is 0.176 e. The monoisotopic (exact) mass is 522 g/mol. The van der Waals surface area contributed by atoms with Crippen molar-refractivity contribution in [1.29, 1.82) is 0 Å². The second-order valence-corrected chi connectivity index (χ2v) is 21.8. The number of hydrogen-bond acceptors (Lipinski definition) is 0. The van der Waals surface area contributed by atoms with E-state index in [9.17, 15) is 0 Å². The summed E-state index contributed by atoms with van der Waals surface area (Å²) in [7, 11) is -4.13. The van der Waals surface area contributed by atoms with Gasteiger partial charge in [-0.3, -0.25) is 0 Å². The first-order valence-corrected chi connectivity index (χ1v) is 19.4. The topological polar surface area (TPSA) is 0 Å². The normalized spacial score (nSPS) is 16.7. The van der Waals surface area contributed by atoms with Gasteiger partial charge in [-0.2, -0.15) is 0 Å². The Kier molecular flexibility index (Phi) is 7.24. The van der Waals surface area contributed by atoms with Crippen LogP contribution in [0.3, 0.4) is 0 Å². The average Bonchev–Trinajstić information content (AvgIpc) is 2.96.